The van der Waals surface area contributed by atoms with Crippen LogP contribution in [0.5, 0.6) is 5.75 Å². The van der Waals surface area contributed by atoms with Gasteiger partial charge in [0.15, 0.2) is 0 Å². The minimum atomic E-state index is 0.301. The second-order valence-electron chi connectivity index (χ2n) is 5.61. The molecule has 108 valence electrons. The van der Waals surface area contributed by atoms with Crippen molar-refractivity contribution in [1.82, 2.24) is 0 Å². The number of fused-ring (bicyclic) bond motifs is 1. The van der Waals surface area contributed by atoms with Gasteiger partial charge >= 0.3 is 0 Å². The topological polar surface area (TPSA) is 21.3 Å². The van der Waals surface area contributed by atoms with E-state index >= 15 is 0 Å². The summed E-state index contributed by atoms with van der Waals surface area (Å²) < 4.78 is 5.36. The van der Waals surface area contributed by atoms with Crippen molar-refractivity contribution in [3.8, 4) is 5.75 Å². The summed E-state index contributed by atoms with van der Waals surface area (Å²) in [7, 11) is 1.71. The third-order valence-corrected chi connectivity index (χ3v) is 4.43. The number of hydrogen-bond acceptors (Lipinski definition) is 2. The lowest BCUT2D eigenvalue weighted by Crippen LogP contribution is -2.29. The molecule has 1 aliphatic heterocycles. The summed E-state index contributed by atoms with van der Waals surface area (Å²) in [6.07, 6.45) is 2.06. The summed E-state index contributed by atoms with van der Waals surface area (Å²) in [5.41, 5.74) is 3.76. The average molecular weight is 279 g/mol. The summed E-state index contributed by atoms with van der Waals surface area (Å²) in [6, 6.07) is 17.1. The molecule has 2 aromatic rings. The van der Waals surface area contributed by atoms with Crippen LogP contribution in [0.25, 0.3) is 0 Å². The van der Waals surface area contributed by atoms with Gasteiger partial charge in [0.1, 0.15) is 5.75 Å². The number of benzene rings is 2. The molecule has 1 N–H and O–H groups in total. The lowest BCUT2D eigenvalue weighted by molar-refractivity contribution is 0.408. The second kappa shape index (κ2) is 5.65. The van der Waals surface area contributed by atoms with Crippen LogP contribution in [0, 0.1) is 5.92 Å². The van der Waals surface area contributed by atoms with Crippen LogP contribution in [0.3, 0.4) is 0 Å². The molecule has 3 atom stereocenters. The third kappa shape index (κ3) is 2.42. The van der Waals surface area contributed by atoms with E-state index in [1.807, 2.05) is 6.07 Å². The number of allylic oxidation sites excluding steroid dienone is 1. The van der Waals surface area contributed by atoms with Gasteiger partial charge in [-0.1, -0.05) is 43.3 Å². The first-order chi connectivity index (χ1) is 10.2. The molecule has 2 aromatic carbocycles. The smallest absolute Gasteiger partial charge is 0.119 e. The molecule has 21 heavy (non-hydrogen) atoms. The van der Waals surface area contributed by atoms with Crippen molar-refractivity contribution in [3.63, 3.8) is 0 Å². The molecule has 3 rings (SSSR count). The Morgan fingerprint density at radius 2 is 1.90 bits per heavy atom. The fourth-order valence-electron chi connectivity index (χ4n) is 3.25. The number of anilines is 1. The summed E-state index contributed by atoms with van der Waals surface area (Å²) in [6.45, 7) is 6.33. The first kappa shape index (κ1) is 13.7. The fourth-order valence-corrected chi connectivity index (χ4v) is 3.25. The Hall–Kier alpha value is -2.22. The van der Waals surface area contributed by atoms with Crippen LogP contribution in [0.2, 0.25) is 0 Å². The highest BCUT2D eigenvalue weighted by molar-refractivity contribution is 5.60. The zero-order chi connectivity index (χ0) is 14.8. The maximum atomic E-state index is 5.36. The Balaban J connectivity index is 2.04. The highest BCUT2D eigenvalue weighted by Gasteiger charge is 2.32. The van der Waals surface area contributed by atoms with Gasteiger partial charge in [-0.2, -0.15) is 0 Å². The van der Waals surface area contributed by atoms with E-state index in [0.717, 1.165) is 5.75 Å². The Bertz CT molecular complexity index is 635. The molecule has 0 amide bonds. The van der Waals surface area contributed by atoms with Gasteiger partial charge in [-0.25, -0.2) is 0 Å². The van der Waals surface area contributed by atoms with Gasteiger partial charge in [0.05, 0.1) is 13.2 Å². The molecule has 2 nitrogen and oxygen atoms in total. The monoisotopic (exact) mass is 279 g/mol. The normalized spacial score (nSPS) is 23.8. The van der Waals surface area contributed by atoms with Crippen molar-refractivity contribution in [3.05, 3.63) is 72.3 Å². The van der Waals surface area contributed by atoms with E-state index in [0.29, 0.717) is 17.9 Å². The second-order valence-corrected chi connectivity index (χ2v) is 5.61. The number of nitrogens with one attached hydrogen (secondary N) is 1. The van der Waals surface area contributed by atoms with E-state index in [9.17, 15) is 0 Å². The van der Waals surface area contributed by atoms with Crippen LogP contribution in [-0.4, -0.2) is 7.11 Å². The van der Waals surface area contributed by atoms with Crippen molar-refractivity contribution in [2.45, 2.75) is 18.9 Å². The maximum Gasteiger partial charge on any atom is 0.119 e. The van der Waals surface area contributed by atoms with Crippen LogP contribution in [0.15, 0.2) is 61.2 Å². The van der Waals surface area contributed by atoms with Crippen LogP contribution in [0.4, 0.5) is 5.69 Å². The lowest BCUT2D eigenvalue weighted by atomic mass is 9.76. The predicted octanol–water partition coefficient (Wildman–Crippen LogP) is 4.77. The van der Waals surface area contributed by atoms with E-state index in [1.165, 1.54) is 16.8 Å². The average Bonchev–Trinajstić information content (AvgIpc) is 2.54. The molecule has 0 spiro atoms. The van der Waals surface area contributed by atoms with Gasteiger partial charge < -0.3 is 10.1 Å². The van der Waals surface area contributed by atoms with Crippen LogP contribution in [-0.2, 0) is 0 Å². The van der Waals surface area contributed by atoms with E-state index in [2.05, 4.69) is 67.4 Å². The molecule has 0 saturated carbocycles. The van der Waals surface area contributed by atoms with Crippen molar-refractivity contribution in [2.24, 2.45) is 5.92 Å². The molecular formula is C19H21NO. The summed E-state index contributed by atoms with van der Waals surface area (Å²) in [5.74, 6) is 1.65. The molecule has 0 aromatic heterocycles. The van der Waals surface area contributed by atoms with Gasteiger partial charge in [0.25, 0.3) is 0 Å². The summed E-state index contributed by atoms with van der Waals surface area (Å²) >= 11 is 0. The number of ether oxygens (including phenoxy) is 1. The molecule has 2 heteroatoms. The SMILES string of the molecule is C=C[C@@H]1c2cc(OC)ccc2N[C@H](c2ccccc2)[C@H]1C. The predicted molar refractivity (Wildman–Crippen MR) is 87.9 cm³/mol. The first-order valence-corrected chi connectivity index (χ1v) is 7.36. The number of rotatable bonds is 3. The molecule has 0 fully saturated rings. The van der Waals surface area contributed by atoms with Crippen LogP contribution in [0.1, 0.15) is 30.0 Å². The quantitative estimate of drug-likeness (QED) is 0.817. The molecule has 1 heterocycles. The van der Waals surface area contributed by atoms with Gasteiger partial charge in [-0.15, -0.1) is 6.58 Å². The zero-order valence-corrected chi connectivity index (χ0v) is 12.5. The van der Waals surface area contributed by atoms with E-state index in [-0.39, 0.29) is 0 Å². The largest absolute Gasteiger partial charge is 0.497 e. The molecular weight excluding hydrogens is 258 g/mol. The van der Waals surface area contributed by atoms with Crippen molar-refractivity contribution in [1.29, 1.82) is 0 Å². The molecule has 0 unspecified atom stereocenters. The van der Waals surface area contributed by atoms with E-state index in [1.54, 1.807) is 7.11 Å². The van der Waals surface area contributed by atoms with Gasteiger partial charge in [-0.05, 0) is 35.2 Å². The summed E-state index contributed by atoms with van der Waals surface area (Å²) in [5, 5.41) is 3.68. The highest BCUT2D eigenvalue weighted by atomic mass is 16.5. The van der Waals surface area contributed by atoms with Gasteiger partial charge in [0, 0.05) is 11.6 Å². The summed E-state index contributed by atoms with van der Waals surface area (Å²) in [4.78, 5) is 0. The van der Waals surface area contributed by atoms with E-state index in [4.69, 9.17) is 4.74 Å². The fraction of sp³-hybridized carbons (Fsp3) is 0.263. The molecule has 0 bridgehead atoms. The van der Waals surface area contributed by atoms with Crippen LogP contribution < -0.4 is 10.1 Å². The van der Waals surface area contributed by atoms with Gasteiger partial charge in [0.2, 0.25) is 0 Å². The third-order valence-electron chi connectivity index (χ3n) is 4.43. The van der Waals surface area contributed by atoms with Crippen molar-refractivity contribution >= 4 is 5.69 Å². The zero-order valence-electron chi connectivity index (χ0n) is 12.5. The number of methoxy groups -OCH3 is 1. The Morgan fingerprint density at radius 1 is 1.14 bits per heavy atom. The van der Waals surface area contributed by atoms with Crippen molar-refractivity contribution in [2.75, 3.05) is 12.4 Å². The molecule has 1 aliphatic rings. The Morgan fingerprint density at radius 3 is 2.57 bits per heavy atom. The lowest BCUT2D eigenvalue weighted by Gasteiger charge is -2.38. The maximum absolute atomic E-state index is 5.36. The molecule has 0 aliphatic carbocycles. The van der Waals surface area contributed by atoms with E-state index < -0.39 is 0 Å². The van der Waals surface area contributed by atoms with Gasteiger partial charge in [-0.3, -0.25) is 0 Å². The Labute approximate surface area is 126 Å². The minimum absolute atomic E-state index is 0.301. The standard InChI is InChI=1S/C19H21NO/c1-4-16-13(2)19(14-8-6-5-7-9-14)20-18-11-10-15(21-3)12-17(16)18/h4-13,16,19-20H,1H2,2-3H3/t13-,16-,19-/m0/s1. The molecule has 0 radical (unpaired) electrons. The first-order valence-electron chi connectivity index (χ1n) is 7.36. The van der Waals surface area contributed by atoms with Crippen molar-refractivity contribution < 1.29 is 4.74 Å². The number of hydrogen-bond donors (Lipinski definition) is 1. The Kier molecular flexibility index (Phi) is 3.70. The molecule has 0 saturated heterocycles. The van der Waals surface area contributed by atoms with Crippen LogP contribution >= 0.6 is 0 Å². The highest BCUT2D eigenvalue weighted by Crippen LogP contribution is 2.45. The minimum Gasteiger partial charge on any atom is -0.497 e.